The van der Waals surface area contributed by atoms with E-state index in [9.17, 15) is 0 Å². The Balaban J connectivity index is 2.45. The molecular weight excluding hydrogens is 236 g/mol. The van der Waals surface area contributed by atoms with Crippen molar-refractivity contribution in [2.75, 3.05) is 7.11 Å². The molecule has 0 radical (unpaired) electrons. The van der Waals surface area contributed by atoms with Crippen LogP contribution in [0.5, 0.6) is 5.75 Å². The van der Waals surface area contributed by atoms with Crippen molar-refractivity contribution in [2.45, 2.75) is 19.8 Å². The van der Waals surface area contributed by atoms with Crippen LogP contribution in [0, 0.1) is 0 Å². The molecule has 90 valence electrons. The van der Waals surface area contributed by atoms with Crippen LogP contribution in [0.4, 0.5) is 0 Å². The molecule has 1 aromatic heterocycles. The normalized spacial score (nSPS) is 10.9. The van der Waals surface area contributed by atoms with Crippen molar-refractivity contribution in [3.63, 3.8) is 0 Å². The topological polar surface area (TPSA) is 27.1 Å². The summed E-state index contributed by atoms with van der Waals surface area (Å²) < 4.78 is 6.91. The molecule has 0 saturated heterocycles. The first-order valence-corrected chi connectivity index (χ1v) is 5.89. The zero-order valence-electron chi connectivity index (χ0n) is 10.1. The van der Waals surface area contributed by atoms with Crippen molar-refractivity contribution < 1.29 is 4.74 Å². The summed E-state index contributed by atoms with van der Waals surface area (Å²) in [6.07, 6.45) is 0. The smallest absolute Gasteiger partial charge is 0.133 e. The third-order valence-electron chi connectivity index (χ3n) is 2.57. The molecule has 2 aromatic rings. The van der Waals surface area contributed by atoms with Crippen molar-refractivity contribution >= 4 is 11.6 Å². The average Bonchev–Trinajstić information content (AvgIpc) is 2.72. The largest absolute Gasteiger partial charge is 0.497 e. The van der Waals surface area contributed by atoms with E-state index in [2.05, 4.69) is 18.9 Å². The number of aromatic nitrogens is 2. The molecule has 17 heavy (non-hydrogen) atoms. The zero-order valence-corrected chi connectivity index (χ0v) is 10.9. The maximum absolute atomic E-state index is 6.18. The molecule has 1 aromatic carbocycles. The zero-order chi connectivity index (χ0) is 12.4. The number of methoxy groups -OCH3 is 1. The Labute approximate surface area is 106 Å². The molecule has 0 N–H and O–H groups in total. The number of ether oxygens (including phenoxy) is 1. The maximum atomic E-state index is 6.18. The van der Waals surface area contributed by atoms with E-state index in [1.54, 1.807) is 11.8 Å². The lowest BCUT2D eigenvalue weighted by atomic mass is 10.1. The third-order valence-corrected chi connectivity index (χ3v) is 2.84. The lowest BCUT2D eigenvalue weighted by Crippen LogP contribution is -1.98. The molecule has 3 nitrogen and oxygen atoms in total. The number of hydrogen-bond acceptors (Lipinski definition) is 2. The SMILES string of the molecule is COc1cccc(-n2nc(C(C)C)cc2Cl)c1. The molecule has 0 unspecified atom stereocenters. The third kappa shape index (κ3) is 2.44. The van der Waals surface area contributed by atoms with E-state index in [1.165, 1.54) is 0 Å². The van der Waals surface area contributed by atoms with Gasteiger partial charge in [-0.3, -0.25) is 0 Å². The van der Waals surface area contributed by atoms with Gasteiger partial charge in [-0.05, 0) is 24.1 Å². The Hall–Kier alpha value is -1.48. The van der Waals surface area contributed by atoms with E-state index in [0.717, 1.165) is 17.1 Å². The summed E-state index contributed by atoms with van der Waals surface area (Å²) in [7, 11) is 1.64. The number of nitrogens with zero attached hydrogens (tertiary/aromatic N) is 2. The molecular formula is C13H15ClN2O. The monoisotopic (exact) mass is 250 g/mol. The second-order valence-corrected chi connectivity index (χ2v) is 4.55. The molecule has 0 fully saturated rings. The van der Waals surface area contributed by atoms with Gasteiger partial charge in [0.05, 0.1) is 18.5 Å². The molecule has 0 aliphatic rings. The van der Waals surface area contributed by atoms with Crippen LogP contribution in [0.15, 0.2) is 30.3 Å². The summed E-state index contributed by atoms with van der Waals surface area (Å²) in [5, 5.41) is 5.10. The highest BCUT2D eigenvalue weighted by Crippen LogP contribution is 2.23. The predicted molar refractivity (Wildman–Crippen MR) is 69.2 cm³/mol. The summed E-state index contributed by atoms with van der Waals surface area (Å²) in [4.78, 5) is 0. The summed E-state index contributed by atoms with van der Waals surface area (Å²) in [5.41, 5.74) is 1.89. The molecule has 4 heteroatoms. The minimum atomic E-state index is 0.361. The van der Waals surface area contributed by atoms with Gasteiger partial charge in [-0.1, -0.05) is 31.5 Å². The number of rotatable bonds is 3. The minimum Gasteiger partial charge on any atom is -0.497 e. The quantitative estimate of drug-likeness (QED) is 0.831. The van der Waals surface area contributed by atoms with Gasteiger partial charge in [0.2, 0.25) is 0 Å². The highest BCUT2D eigenvalue weighted by Gasteiger charge is 2.10. The van der Waals surface area contributed by atoms with Gasteiger partial charge in [-0.15, -0.1) is 0 Å². The van der Waals surface area contributed by atoms with E-state index in [-0.39, 0.29) is 0 Å². The number of benzene rings is 1. The summed E-state index contributed by atoms with van der Waals surface area (Å²) in [6, 6.07) is 9.56. The highest BCUT2D eigenvalue weighted by atomic mass is 35.5. The van der Waals surface area contributed by atoms with Gasteiger partial charge in [0.25, 0.3) is 0 Å². The standard InChI is InChI=1S/C13H15ClN2O/c1-9(2)12-8-13(14)16(15-12)10-5-4-6-11(7-10)17-3/h4-9H,1-3H3. The summed E-state index contributed by atoms with van der Waals surface area (Å²) in [6.45, 7) is 4.18. The van der Waals surface area contributed by atoms with Crippen LogP contribution in [0.3, 0.4) is 0 Å². The van der Waals surface area contributed by atoms with Gasteiger partial charge in [0.15, 0.2) is 0 Å². The molecule has 0 atom stereocenters. The van der Waals surface area contributed by atoms with Gasteiger partial charge >= 0.3 is 0 Å². The summed E-state index contributed by atoms with van der Waals surface area (Å²) >= 11 is 6.18. The van der Waals surface area contributed by atoms with E-state index in [1.807, 2.05) is 30.3 Å². The van der Waals surface area contributed by atoms with Crippen LogP contribution in [0.2, 0.25) is 5.15 Å². The predicted octanol–water partition coefficient (Wildman–Crippen LogP) is 3.66. The van der Waals surface area contributed by atoms with Gasteiger partial charge in [-0.25, -0.2) is 4.68 Å². The highest BCUT2D eigenvalue weighted by molar-refractivity contribution is 6.29. The second-order valence-electron chi connectivity index (χ2n) is 4.16. The van der Waals surface area contributed by atoms with Crippen molar-refractivity contribution in [3.05, 3.63) is 41.2 Å². The van der Waals surface area contributed by atoms with Gasteiger partial charge in [0.1, 0.15) is 10.9 Å². The van der Waals surface area contributed by atoms with Crippen LogP contribution < -0.4 is 4.74 Å². The Morgan fingerprint density at radius 3 is 2.65 bits per heavy atom. The molecule has 0 bridgehead atoms. The first-order chi connectivity index (χ1) is 8.11. The van der Waals surface area contributed by atoms with Gasteiger partial charge < -0.3 is 4.74 Å². The van der Waals surface area contributed by atoms with E-state index in [4.69, 9.17) is 16.3 Å². The molecule has 0 spiro atoms. The first-order valence-electron chi connectivity index (χ1n) is 5.51. The minimum absolute atomic E-state index is 0.361. The fourth-order valence-corrected chi connectivity index (χ4v) is 1.83. The van der Waals surface area contributed by atoms with Crippen LogP contribution in [0.25, 0.3) is 5.69 Å². The van der Waals surface area contributed by atoms with Crippen LogP contribution in [-0.2, 0) is 0 Å². The first kappa shape index (κ1) is 12.0. The Kier molecular flexibility index (Phi) is 3.38. The molecule has 0 saturated carbocycles. The van der Waals surface area contributed by atoms with Crippen LogP contribution in [-0.4, -0.2) is 16.9 Å². The van der Waals surface area contributed by atoms with E-state index >= 15 is 0 Å². The fourth-order valence-electron chi connectivity index (χ4n) is 1.58. The maximum Gasteiger partial charge on any atom is 0.133 e. The van der Waals surface area contributed by atoms with Crippen molar-refractivity contribution in [2.24, 2.45) is 0 Å². The molecule has 2 rings (SSSR count). The van der Waals surface area contributed by atoms with E-state index < -0.39 is 0 Å². The molecule has 1 heterocycles. The Morgan fingerprint density at radius 2 is 2.06 bits per heavy atom. The van der Waals surface area contributed by atoms with Crippen molar-refractivity contribution in [1.82, 2.24) is 9.78 Å². The van der Waals surface area contributed by atoms with Gasteiger partial charge in [-0.2, -0.15) is 5.10 Å². The van der Waals surface area contributed by atoms with E-state index in [0.29, 0.717) is 11.1 Å². The number of halogens is 1. The number of hydrogen-bond donors (Lipinski definition) is 0. The Bertz CT molecular complexity index is 520. The van der Waals surface area contributed by atoms with Crippen molar-refractivity contribution in [1.29, 1.82) is 0 Å². The molecule has 0 amide bonds. The summed E-state index contributed by atoms with van der Waals surface area (Å²) in [5.74, 6) is 1.15. The lowest BCUT2D eigenvalue weighted by molar-refractivity contribution is 0.414. The molecule has 0 aliphatic heterocycles. The second kappa shape index (κ2) is 4.80. The van der Waals surface area contributed by atoms with Gasteiger partial charge in [0, 0.05) is 6.07 Å². The molecule has 0 aliphatic carbocycles. The fraction of sp³-hybridized carbons (Fsp3) is 0.308. The van der Waals surface area contributed by atoms with Crippen LogP contribution >= 0.6 is 11.6 Å². The Morgan fingerprint density at radius 1 is 1.29 bits per heavy atom. The average molecular weight is 251 g/mol. The van der Waals surface area contributed by atoms with Crippen molar-refractivity contribution in [3.8, 4) is 11.4 Å². The van der Waals surface area contributed by atoms with Crippen LogP contribution in [0.1, 0.15) is 25.5 Å². The lowest BCUT2D eigenvalue weighted by Gasteiger charge is -2.05.